The third-order valence-electron chi connectivity index (χ3n) is 2.79. The predicted octanol–water partition coefficient (Wildman–Crippen LogP) is 3.06. The fourth-order valence-corrected chi connectivity index (χ4v) is 2.16. The number of esters is 1. The summed E-state index contributed by atoms with van der Waals surface area (Å²) in [4.78, 5) is 11.4. The SMILES string of the molecule is CCNC(C)c1cc(Br)ccc1OC(C)C(=O)OC. The summed E-state index contributed by atoms with van der Waals surface area (Å²) in [5.41, 5.74) is 1.01. The number of rotatable bonds is 6. The Morgan fingerprint density at radius 1 is 1.42 bits per heavy atom. The van der Waals surface area contributed by atoms with Gasteiger partial charge in [0.15, 0.2) is 6.10 Å². The number of hydrogen-bond acceptors (Lipinski definition) is 4. The van der Waals surface area contributed by atoms with Crippen LogP contribution >= 0.6 is 15.9 Å². The zero-order valence-electron chi connectivity index (χ0n) is 11.7. The largest absolute Gasteiger partial charge is 0.479 e. The molecule has 0 amide bonds. The molecule has 0 bridgehead atoms. The minimum absolute atomic E-state index is 0.141. The Morgan fingerprint density at radius 2 is 2.11 bits per heavy atom. The number of carbonyl (C=O) groups excluding carboxylic acids is 1. The van der Waals surface area contributed by atoms with Gasteiger partial charge in [-0.25, -0.2) is 4.79 Å². The number of halogens is 1. The first-order valence-corrected chi connectivity index (χ1v) is 7.06. The van der Waals surface area contributed by atoms with Crippen LogP contribution in [0.15, 0.2) is 22.7 Å². The molecule has 0 radical (unpaired) electrons. The molecule has 0 aliphatic rings. The molecule has 0 aromatic heterocycles. The van der Waals surface area contributed by atoms with E-state index < -0.39 is 6.10 Å². The summed E-state index contributed by atoms with van der Waals surface area (Å²) in [5.74, 6) is 0.305. The van der Waals surface area contributed by atoms with Crippen molar-refractivity contribution in [2.75, 3.05) is 13.7 Å². The highest BCUT2D eigenvalue weighted by atomic mass is 79.9. The van der Waals surface area contributed by atoms with Gasteiger partial charge in [-0.15, -0.1) is 0 Å². The van der Waals surface area contributed by atoms with E-state index in [4.69, 9.17) is 4.74 Å². The van der Waals surface area contributed by atoms with E-state index in [0.717, 1.165) is 16.6 Å². The zero-order valence-corrected chi connectivity index (χ0v) is 13.3. The second-order valence-corrected chi connectivity index (χ2v) is 5.16. The summed E-state index contributed by atoms with van der Waals surface area (Å²) in [5, 5.41) is 3.33. The maximum absolute atomic E-state index is 11.4. The Labute approximate surface area is 122 Å². The lowest BCUT2D eigenvalue weighted by molar-refractivity contribution is -0.147. The molecule has 0 aliphatic carbocycles. The molecule has 0 saturated heterocycles. The summed E-state index contributed by atoms with van der Waals surface area (Å²) >= 11 is 3.45. The number of nitrogens with one attached hydrogen (secondary N) is 1. The van der Waals surface area contributed by atoms with Gasteiger partial charge in [0.05, 0.1) is 7.11 Å². The van der Waals surface area contributed by atoms with E-state index in [9.17, 15) is 4.79 Å². The van der Waals surface area contributed by atoms with Crippen LogP contribution in [-0.4, -0.2) is 25.7 Å². The van der Waals surface area contributed by atoms with Gasteiger partial charge in [-0.1, -0.05) is 22.9 Å². The minimum Gasteiger partial charge on any atom is -0.479 e. The van der Waals surface area contributed by atoms with Gasteiger partial charge in [0.25, 0.3) is 0 Å². The van der Waals surface area contributed by atoms with E-state index in [-0.39, 0.29) is 12.0 Å². The first-order valence-electron chi connectivity index (χ1n) is 6.26. The molecular formula is C14H20BrNO3. The van der Waals surface area contributed by atoms with Crippen molar-refractivity contribution in [2.24, 2.45) is 0 Å². The minimum atomic E-state index is -0.626. The Bertz CT molecular complexity index is 437. The van der Waals surface area contributed by atoms with E-state index in [1.54, 1.807) is 6.92 Å². The average Bonchev–Trinajstić information content (AvgIpc) is 2.39. The van der Waals surface area contributed by atoms with E-state index in [1.807, 2.05) is 25.1 Å². The first kappa shape index (κ1) is 16.0. The molecule has 1 aromatic rings. The molecule has 1 N–H and O–H groups in total. The fourth-order valence-electron chi connectivity index (χ4n) is 1.79. The molecule has 4 nitrogen and oxygen atoms in total. The van der Waals surface area contributed by atoms with Crippen molar-refractivity contribution in [1.82, 2.24) is 5.32 Å². The summed E-state index contributed by atoms with van der Waals surface area (Å²) < 4.78 is 11.3. The molecular weight excluding hydrogens is 310 g/mol. The van der Waals surface area contributed by atoms with Gasteiger partial charge >= 0.3 is 5.97 Å². The van der Waals surface area contributed by atoms with Gasteiger partial charge in [-0.2, -0.15) is 0 Å². The van der Waals surface area contributed by atoms with Crippen molar-refractivity contribution < 1.29 is 14.3 Å². The van der Waals surface area contributed by atoms with Crippen LogP contribution in [0.4, 0.5) is 0 Å². The van der Waals surface area contributed by atoms with Crippen molar-refractivity contribution in [3.8, 4) is 5.75 Å². The van der Waals surface area contributed by atoms with Crippen LogP contribution < -0.4 is 10.1 Å². The Kier molecular flexibility index (Phi) is 6.31. The van der Waals surface area contributed by atoms with Crippen molar-refractivity contribution >= 4 is 21.9 Å². The molecule has 0 heterocycles. The second-order valence-electron chi connectivity index (χ2n) is 4.24. The maximum Gasteiger partial charge on any atom is 0.346 e. The molecule has 0 spiro atoms. The second kappa shape index (κ2) is 7.50. The highest BCUT2D eigenvalue weighted by molar-refractivity contribution is 9.10. The lowest BCUT2D eigenvalue weighted by atomic mass is 10.1. The van der Waals surface area contributed by atoms with Crippen LogP contribution in [-0.2, 0) is 9.53 Å². The number of benzene rings is 1. The van der Waals surface area contributed by atoms with Gasteiger partial charge in [0.2, 0.25) is 0 Å². The maximum atomic E-state index is 11.4. The quantitative estimate of drug-likeness (QED) is 0.815. The summed E-state index contributed by atoms with van der Waals surface area (Å²) in [6.45, 7) is 6.64. The third-order valence-corrected chi connectivity index (χ3v) is 3.28. The molecule has 2 atom stereocenters. The Hall–Kier alpha value is -1.07. The van der Waals surface area contributed by atoms with Crippen molar-refractivity contribution in [1.29, 1.82) is 0 Å². The summed E-state index contributed by atoms with van der Waals surface area (Å²) in [6.07, 6.45) is -0.626. The van der Waals surface area contributed by atoms with Gasteiger partial charge in [0, 0.05) is 16.1 Å². The average molecular weight is 330 g/mol. The van der Waals surface area contributed by atoms with Crippen molar-refractivity contribution in [3.63, 3.8) is 0 Å². The standard InChI is InChI=1S/C14H20BrNO3/c1-5-16-9(2)12-8-11(15)6-7-13(12)19-10(3)14(17)18-4/h6-10,16H,5H2,1-4H3. The Balaban J connectivity index is 2.96. The molecule has 2 unspecified atom stereocenters. The molecule has 0 aliphatic heterocycles. The van der Waals surface area contributed by atoms with E-state index in [0.29, 0.717) is 5.75 Å². The number of methoxy groups -OCH3 is 1. The summed E-state index contributed by atoms with van der Waals surface area (Å²) in [7, 11) is 1.35. The monoisotopic (exact) mass is 329 g/mol. The van der Waals surface area contributed by atoms with Gasteiger partial charge in [-0.05, 0) is 38.6 Å². The van der Waals surface area contributed by atoms with E-state index in [1.165, 1.54) is 7.11 Å². The molecule has 1 aromatic carbocycles. The van der Waals surface area contributed by atoms with E-state index >= 15 is 0 Å². The lowest BCUT2D eigenvalue weighted by Gasteiger charge is -2.20. The zero-order chi connectivity index (χ0) is 14.4. The van der Waals surface area contributed by atoms with Crippen LogP contribution in [0.5, 0.6) is 5.75 Å². The summed E-state index contributed by atoms with van der Waals surface area (Å²) in [6, 6.07) is 5.88. The van der Waals surface area contributed by atoms with E-state index in [2.05, 4.69) is 32.9 Å². The van der Waals surface area contributed by atoms with Gasteiger partial charge in [-0.3, -0.25) is 0 Å². The number of carbonyl (C=O) groups is 1. The molecule has 1 rings (SSSR count). The molecule has 5 heteroatoms. The Morgan fingerprint density at radius 3 is 2.68 bits per heavy atom. The van der Waals surface area contributed by atoms with Gasteiger partial charge < -0.3 is 14.8 Å². The molecule has 106 valence electrons. The van der Waals surface area contributed by atoms with Gasteiger partial charge in [0.1, 0.15) is 5.75 Å². The van der Waals surface area contributed by atoms with Crippen LogP contribution in [0.2, 0.25) is 0 Å². The number of ether oxygens (including phenoxy) is 2. The molecule has 0 fully saturated rings. The fraction of sp³-hybridized carbons (Fsp3) is 0.500. The highest BCUT2D eigenvalue weighted by Crippen LogP contribution is 2.29. The molecule has 19 heavy (non-hydrogen) atoms. The van der Waals surface area contributed by atoms with Crippen LogP contribution in [0.25, 0.3) is 0 Å². The smallest absolute Gasteiger partial charge is 0.346 e. The normalized spacial score (nSPS) is 13.7. The molecule has 0 saturated carbocycles. The van der Waals surface area contributed by atoms with Crippen molar-refractivity contribution in [2.45, 2.75) is 32.9 Å². The van der Waals surface area contributed by atoms with Crippen LogP contribution in [0.1, 0.15) is 32.4 Å². The van der Waals surface area contributed by atoms with Crippen LogP contribution in [0, 0.1) is 0 Å². The highest BCUT2D eigenvalue weighted by Gasteiger charge is 2.18. The first-order chi connectivity index (χ1) is 8.99. The third kappa shape index (κ3) is 4.51. The topological polar surface area (TPSA) is 47.6 Å². The van der Waals surface area contributed by atoms with Crippen molar-refractivity contribution in [3.05, 3.63) is 28.2 Å². The van der Waals surface area contributed by atoms with Crippen LogP contribution in [0.3, 0.4) is 0 Å². The lowest BCUT2D eigenvalue weighted by Crippen LogP contribution is -2.26. The predicted molar refractivity (Wildman–Crippen MR) is 78.3 cm³/mol. The number of hydrogen-bond donors (Lipinski definition) is 1.